The van der Waals surface area contributed by atoms with Gasteiger partial charge in [0.2, 0.25) is 0 Å². The van der Waals surface area contributed by atoms with Crippen molar-refractivity contribution in [3.05, 3.63) is 0 Å². The number of esters is 1. The van der Waals surface area contributed by atoms with E-state index >= 15 is 0 Å². The van der Waals surface area contributed by atoms with Gasteiger partial charge in [-0.3, -0.25) is 4.79 Å². The van der Waals surface area contributed by atoms with Crippen molar-refractivity contribution >= 4 is 5.97 Å². The van der Waals surface area contributed by atoms with Gasteiger partial charge in [-0.05, 0) is 25.8 Å². The van der Waals surface area contributed by atoms with Crippen molar-refractivity contribution in [3.63, 3.8) is 0 Å². The summed E-state index contributed by atoms with van der Waals surface area (Å²) in [5.74, 6) is 0.465. The summed E-state index contributed by atoms with van der Waals surface area (Å²) in [6.07, 6.45) is 5.67. The zero-order chi connectivity index (χ0) is 13.1. The Labute approximate surface area is 106 Å². The molecule has 0 saturated carbocycles. The predicted molar refractivity (Wildman–Crippen MR) is 72.0 cm³/mol. The Bertz CT molecular complexity index is 193. The van der Waals surface area contributed by atoms with Crippen LogP contribution in [0.1, 0.15) is 59.8 Å². The molecule has 1 atom stereocenters. The molecule has 0 bridgehead atoms. The van der Waals surface area contributed by atoms with Gasteiger partial charge in [-0.2, -0.15) is 0 Å². The maximum absolute atomic E-state index is 11.7. The molecule has 0 radical (unpaired) electrons. The number of unbranched alkanes of at least 4 members (excludes halogenated alkanes) is 3. The second kappa shape index (κ2) is 10.6. The van der Waals surface area contributed by atoms with E-state index in [2.05, 4.69) is 26.1 Å². The van der Waals surface area contributed by atoms with Gasteiger partial charge in [0.15, 0.2) is 0 Å². The molecular weight excluding hydrogens is 214 g/mol. The second-order valence-electron chi connectivity index (χ2n) is 4.96. The molecule has 0 aliphatic carbocycles. The van der Waals surface area contributed by atoms with E-state index in [0.29, 0.717) is 12.5 Å². The van der Waals surface area contributed by atoms with Crippen molar-refractivity contribution < 1.29 is 9.53 Å². The highest BCUT2D eigenvalue weighted by Crippen LogP contribution is 2.07. The first-order valence-corrected chi connectivity index (χ1v) is 7.01. The van der Waals surface area contributed by atoms with Gasteiger partial charge in [-0.15, -0.1) is 0 Å². The molecule has 0 spiro atoms. The van der Waals surface area contributed by atoms with Crippen LogP contribution < -0.4 is 5.32 Å². The Hall–Kier alpha value is -0.570. The van der Waals surface area contributed by atoms with Crippen molar-refractivity contribution in [2.45, 2.75) is 65.8 Å². The largest absolute Gasteiger partial charge is 0.465 e. The SMILES string of the molecule is CCCCCCC(NCC(C)C)C(=O)OCC. The van der Waals surface area contributed by atoms with E-state index in [1.54, 1.807) is 0 Å². The Kier molecular flexibility index (Phi) is 10.2. The fourth-order valence-electron chi connectivity index (χ4n) is 1.70. The minimum absolute atomic E-state index is 0.0929. The van der Waals surface area contributed by atoms with Crippen LogP contribution in [0.25, 0.3) is 0 Å². The van der Waals surface area contributed by atoms with Gasteiger partial charge in [0.1, 0.15) is 6.04 Å². The molecule has 3 nitrogen and oxygen atoms in total. The smallest absolute Gasteiger partial charge is 0.323 e. The number of carbonyl (C=O) groups excluding carboxylic acids is 1. The molecule has 3 heteroatoms. The standard InChI is InChI=1S/C14H29NO2/c1-5-7-8-9-10-13(14(16)17-6-2)15-11-12(3)4/h12-13,15H,5-11H2,1-4H3. The van der Waals surface area contributed by atoms with Crippen LogP contribution in [-0.4, -0.2) is 25.2 Å². The average Bonchev–Trinajstić information content (AvgIpc) is 2.28. The van der Waals surface area contributed by atoms with Gasteiger partial charge >= 0.3 is 5.97 Å². The van der Waals surface area contributed by atoms with Gasteiger partial charge in [-0.1, -0.05) is 46.5 Å². The van der Waals surface area contributed by atoms with Crippen LogP contribution in [0.3, 0.4) is 0 Å². The molecule has 17 heavy (non-hydrogen) atoms. The lowest BCUT2D eigenvalue weighted by molar-refractivity contribution is -0.145. The summed E-state index contributed by atoms with van der Waals surface area (Å²) in [7, 11) is 0. The number of ether oxygens (including phenoxy) is 1. The summed E-state index contributed by atoms with van der Waals surface area (Å²) < 4.78 is 5.09. The third-order valence-electron chi connectivity index (χ3n) is 2.69. The lowest BCUT2D eigenvalue weighted by Gasteiger charge is -2.18. The van der Waals surface area contributed by atoms with Gasteiger partial charge < -0.3 is 10.1 Å². The molecule has 1 N–H and O–H groups in total. The van der Waals surface area contributed by atoms with E-state index in [-0.39, 0.29) is 12.0 Å². The fraction of sp³-hybridized carbons (Fsp3) is 0.929. The minimum atomic E-state index is -0.116. The van der Waals surface area contributed by atoms with Crippen LogP contribution >= 0.6 is 0 Å². The van der Waals surface area contributed by atoms with Crippen molar-refractivity contribution in [1.82, 2.24) is 5.32 Å². The Morgan fingerprint density at radius 3 is 2.41 bits per heavy atom. The lowest BCUT2D eigenvalue weighted by Crippen LogP contribution is -2.39. The highest BCUT2D eigenvalue weighted by molar-refractivity contribution is 5.75. The Balaban J connectivity index is 3.96. The highest BCUT2D eigenvalue weighted by atomic mass is 16.5. The van der Waals surface area contributed by atoms with E-state index in [4.69, 9.17) is 4.74 Å². The average molecular weight is 243 g/mol. The normalized spacial score (nSPS) is 12.8. The molecule has 0 aliphatic rings. The van der Waals surface area contributed by atoms with Crippen molar-refractivity contribution in [1.29, 1.82) is 0 Å². The highest BCUT2D eigenvalue weighted by Gasteiger charge is 2.18. The van der Waals surface area contributed by atoms with Crippen molar-refractivity contribution in [3.8, 4) is 0 Å². The molecule has 0 aliphatic heterocycles. The molecule has 0 amide bonds. The Morgan fingerprint density at radius 1 is 1.18 bits per heavy atom. The minimum Gasteiger partial charge on any atom is -0.465 e. The molecule has 102 valence electrons. The maximum Gasteiger partial charge on any atom is 0.323 e. The van der Waals surface area contributed by atoms with E-state index < -0.39 is 0 Å². The third kappa shape index (κ3) is 9.16. The first-order valence-electron chi connectivity index (χ1n) is 7.01. The number of nitrogens with one attached hydrogen (secondary N) is 1. The van der Waals surface area contributed by atoms with Gasteiger partial charge in [0.05, 0.1) is 6.61 Å². The molecule has 0 heterocycles. The van der Waals surface area contributed by atoms with Crippen LogP contribution in [0.15, 0.2) is 0 Å². The van der Waals surface area contributed by atoms with Gasteiger partial charge in [-0.25, -0.2) is 0 Å². The molecule has 0 aromatic rings. The number of hydrogen-bond acceptors (Lipinski definition) is 3. The lowest BCUT2D eigenvalue weighted by atomic mass is 10.1. The first-order chi connectivity index (χ1) is 8.11. The van der Waals surface area contributed by atoms with Crippen molar-refractivity contribution in [2.24, 2.45) is 5.92 Å². The van der Waals surface area contributed by atoms with Crippen LogP contribution in [0.5, 0.6) is 0 Å². The topological polar surface area (TPSA) is 38.3 Å². The summed E-state index contributed by atoms with van der Waals surface area (Å²) in [5, 5.41) is 3.31. The van der Waals surface area contributed by atoms with E-state index in [0.717, 1.165) is 19.4 Å². The summed E-state index contributed by atoms with van der Waals surface area (Å²) in [6, 6.07) is -0.116. The number of carbonyl (C=O) groups is 1. The van der Waals surface area contributed by atoms with Crippen LogP contribution in [-0.2, 0) is 9.53 Å². The monoisotopic (exact) mass is 243 g/mol. The summed E-state index contributed by atoms with van der Waals surface area (Å²) in [6.45, 7) is 9.68. The third-order valence-corrected chi connectivity index (χ3v) is 2.69. The molecule has 1 unspecified atom stereocenters. The molecule has 0 rings (SSSR count). The summed E-state index contributed by atoms with van der Waals surface area (Å²) >= 11 is 0. The number of rotatable bonds is 10. The fourth-order valence-corrected chi connectivity index (χ4v) is 1.70. The maximum atomic E-state index is 11.7. The van der Waals surface area contributed by atoms with E-state index in [1.165, 1.54) is 19.3 Å². The number of hydrogen-bond donors (Lipinski definition) is 1. The van der Waals surface area contributed by atoms with Crippen LogP contribution in [0.4, 0.5) is 0 Å². The molecule has 0 fully saturated rings. The van der Waals surface area contributed by atoms with Gasteiger partial charge in [0, 0.05) is 0 Å². The quantitative estimate of drug-likeness (QED) is 0.473. The van der Waals surface area contributed by atoms with E-state index in [1.807, 2.05) is 6.92 Å². The van der Waals surface area contributed by atoms with Crippen LogP contribution in [0, 0.1) is 5.92 Å². The Morgan fingerprint density at radius 2 is 1.88 bits per heavy atom. The zero-order valence-corrected chi connectivity index (χ0v) is 11.9. The summed E-state index contributed by atoms with van der Waals surface area (Å²) in [4.78, 5) is 11.7. The molecule has 0 saturated heterocycles. The predicted octanol–water partition coefficient (Wildman–Crippen LogP) is 3.13. The van der Waals surface area contributed by atoms with Gasteiger partial charge in [0.25, 0.3) is 0 Å². The molecule has 0 aromatic heterocycles. The molecule has 0 aromatic carbocycles. The zero-order valence-electron chi connectivity index (χ0n) is 11.9. The summed E-state index contributed by atoms with van der Waals surface area (Å²) in [5.41, 5.74) is 0. The first kappa shape index (κ1) is 16.4. The van der Waals surface area contributed by atoms with E-state index in [9.17, 15) is 4.79 Å². The van der Waals surface area contributed by atoms with Crippen molar-refractivity contribution in [2.75, 3.05) is 13.2 Å². The second-order valence-corrected chi connectivity index (χ2v) is 4.96. The van der Waals surface area contributed by atoms with Crippen LogP contribution in [0.2, 0.25) is 0 Å². The molecular formula is C14H29NO2.